The highest BCUT2D eigenvalue weighted by atomic mass is 16.1. The van der Waals surface area contributed by atoms with Crippen LogP contribution in [0.25, 0.3) is 22.2 Å². The first-order chi connectivity index (χ1) is 19.3. The summed E-state index contributed by atoms with van der Waals surface area (Å²) >= 11 is 0. The molecule has 1 aliphatic heterocycles. The van der Waals surface area contributed by atoms with Crippen LogP contribution in [0.1, 0.15) is 16.2 Å². The molecular weight excluding hydrogens is 510 g/mol. The van der Waals surface area contributed by atoms with E-state index in [2.05, 4.69) is 104 Å². The number of aromatic nitrogens is 5. The first-order valence-corrected chi connectivity index (χ1v) is 14.7. The normalized spacial score (nSPS) is 19.7. The Hall–Kier alpha value is -3.16. The van der Waals surface area contributed by atoms with Crippen LogP contribution in [0.4, 0.5) is 11.8 Å². The molecule has 0 saturated carbocycles. The third-order valence-corrected chi connectivity index (χ3v) is 11.9. The second-order valence-corrected chi connectivity index (χ2v) is 14.4. The fourth-order valence-electron chi connectivity index (χ4n) is 7.01. The van der Waals surface area contributed by atoms with Gasteiger partial charge in [0.2, 0.25) is 5.95 Å². The molecule has 0 atom stereocenters. The quantitative estimate of drug-likeness (QED) is 0.257. The van der Waals surface area contributed by atoms with Crippen molar-refractivity contribution in [2.75, 3.05) is 10.2 Å². The number of carbonyl (C=O) groups excluding carboxylic acids is 1. The Kier molecular flexibility index (Phi) is 6.98. The number of anilines is 2. The van der Waals surface area contributed by atoms with Crippen molar-refractivity contribution in [3.8, 4) is 11.3 Å². The van der Waals surface area contributed by atoms with Crippen LogP contribution in [0.15, 0.2) is 48.9 Å². The van der Waals surface area contributed by atoms with E-state index in [1.54, 1.807) is 18.5 Å². The predicted octanol–water partition coefficient (Wildman–Crippen LogP) is -6.21. The third-order valence-electron chi connectivity index (χ3n) is 11.9. The van der Waals surface area contributed by atoms with E-state index in [9.17, 15) is 4.79 Å². The molecule has 3 aromatic heterocycles. The van der Waals surface area contributed by atoms with Crippen molar-refractivity contribution < 1.29 is 4.79 Å². The number of fused-ring (bicyclic) bond motifs is 1. The highest BCUT2D eigenvalue weighted by Crippen LogP contribution is 2.69. The van der Waals surface area contributed by atoms with Crippen molar-refractivity contribution in [1.29, 1.82) is 0 Å². The van der Waals surface area contributed by atoms with Crippen molar-refractivity contribution in [3.05, 3.63) is 60.3 Å². The van der Waals surface area contributed by atoms with Crippen LogP contribution in [-0.2, 0) is 7.05 Å². The van der Waals surface area contributed by atoms with Crippen LogP contribution in [-0.4, -0.2) is 120 Å². The lowest BCUT2D eigenvalue weighted by molar-refractivity contribution is 0.102. The lowest BCUT2D eigenvalue weighted by Gasteiger charge is -2.77. The summed E-state index contributed by atoms with van der Waals surface area (Å²) in [4.78, 5) is 34.3. The van der Waals surface area contributed by atoms with Gasteiger partial charge in [0.25, 0.3) is 5.91 Å². The van der Waals surface area contributed by atoms with E-state index in [-0.39, 0.29) is 38.2 Å². The van der Waals surface area contributed by atoms with E-state index < -0.39 is 0 Å². The highest BCUT2D eigenvalue weighted by molar-refractivity contribution is 6.71. The van der Waals surface area contributed by atoms with Gasteiger partial charge in [0.1, 0.15) is 43.0 Å². The predicted molar refractivity (Wildman–Crippen MR) is 200 cm³/mol. The molecular formula is C24H35B10N7O. The number of benzene rings is 1. The number of pyridine rings is 1. The second-order valence-electron chi connectivity index (χ2n) is 14.4. The van der Waals surface area contributed by atoms with Crippen molar-refractivity contribution in [3.63, 3.8) is 0 Å². The SMILES string of the molecule is BC1(B)N(c2cc(C(=O)Nc3ncc4ccc(-c5cnc(C)n5C)cc4n3)ccn2)C(B)(B)C(B)(B)C(B)(B)C1(B)B. The molecule has 8 nitrogen and oxygen atoms in total. The molecule has 1 fully saturated rings. The fraction of sp³-hybridized carbons (Fsp3) is 0.292. The molecule has 4 aromatic rings. The zero-order valence-electron chi connectivity index (χ0n) is 27.2. The largest absolute Gasteiger partial charge is 0.379 e. The summed E-state index contributed by atoms with van der Waals surface area (Å²) in [5.74, 6) is 1.70. The lowest BCUT2D eigenvalue weighted by Crippen LogP contribution is -2.81. The van der Waals surface area contributed by atoms with Crippen LogP contribution in [0, 0.1) is 6.92 Å². The maximum Gasteiger partial charge on any atom is 0.258 e. The molecule has 1 aromatic carbocycles. The molecule has 1 N–H and O–H groups in total. The number of nitrogens with one attached hydrogen (secondary N) is 1. The third kappa shape index (κ3) is 4.22. The number of nitrogens with zero attached hydrogens (tertiary/aromatic N) is 6. The van der Waals surface area contributed by atoms with Crippen LogP contribution < -0.4 is 10.2 Å². The minimum absolute atomic E-state index is 0.0152. The monoisotopic (exact) mass is 547 g/mol. The zero-order valence-corrected chi connectivity index (χ0v) is 27.2. The van der Waals surface area contributed by atoms with Gasteiger partial charge >= 0.3 is 0 Å². The topological polar surface area (TPSA) is 88.8 Å². The summed E-state index contributed by atoms with van der Waals surface area (Å²) < 4.78 is 2.04. The maximum absolute atomic E-state index is 13.6. The van der Waals surface area contributed by atoms with Gasteiger partial charge in [-0.05, 0) is 35.8 Å². The van der Waals surface area contributed by atoms with Crippen LogP contribution in [0.5, 0.6) is 0 Å². The molecule has 0 radical (unpaired) electrons. The van der Waals surface area contributed by atoms with Gasteiger partial charge in [-0.3, -0.25) is 10.1 Å². The van der Waals surface area contributed by atoms with Gasteiger partial charge in [0, 0.05) is 36.0 Å². The van der Waals surface area contributed by atoms with E-state index in [0.29, 0.717) is 5.56 Å². The number of carbonyl (C=O) groups is 1. The number of aryl methyl sites for hydroxylation is 1. The Bertz CT molecular complexity index is 1690. The molecule has 1 saturated heterocycles. The van der Waals surface area contributed by atoms with Gasteiger partial charge in [-0.25, -0.2) is 19.9 Å². The standard InChI is InChI=1S/C24H35B10N7O/c1-11-36-10-16(40(11)2)12-3-4-14-9-37-19(38-15(14)7-12)39-18(42)13-5-6-35-17(8-13)41-23(31,32)21(27,28)20(25,26)22(29,30)24(41,33)34/h3-10H,25-34H2,1-2H3,(H,37,38,39,42). The lowest BCUT2D eigenvalue weighted by atomic mass is 9.05. The minimum Gasteiger partial charge on any atom is -0.379 e. The first kappa shape index (κ1) is 30.3. The van der Waals surface area contributed by atoms with Crippen molar-refractivity contribution in [2.24, 2.45) is 7.05 Å². The molecule has 5 rings (SSSR count). The van der Waals surface area contributed by atoms with E-state index in [0.717, 1.165) is 33.8 Å². The Balaban J connectivity index is 1.48. The Morgan fingerprint density at radius 2 is 1.45 bits per heavy atom. The number of rotatable bonds is 4. The van der Waals surface area contributed by atoms with Crippen LogP contribution in [0.3, 0.4) is 0 Å². The summed E-state index contributed by atoms with van der Waals surface area (Å²) in [6.07, 6.45) is 5.31. The number of amides is 1. The molecule has 0 unspecified atom stereocenters. The summed E-state index contributed by atoms with van der Waals surface area (Å²) in [6, 6.07) is 9.66. The van der Waals surface area contributed by atoms with E-state index in [1.165, 1.54) is 0 Å². The number of imidazole rings is 1. The number of hydrogen-bond acceptors (Lipinski definition) is 6. The molecule has 42 heavy (non-hydrogen) atoms. The summed E-state index contributed by atoms with van der Waals surface area (Å²) in [6.45, 7) is 1.97. The average molecular weight is 546 g/mol. The number of hydrogen-bond donors (Lipinski definition) is 1. The first-order valence-electron chi connectivity index (χ1n) is 14.7. The van der Waals surface area contributed by atoms with E-state index in [1.807, 2.05) is 49.0 Å². The van der Waals surface area contributed by atoms with Gasteiger partial charge in [0.05, 0.1) is 64.5 Å². The molecule has 18 heteroatoms. The van der Waals surface area contributed by atoms with Crippen molar-refractivity contribution >= 4 is 107 Å². The Labute approximate surface area is 257 Å². The molecule has 1 amide bonds. The van der Waals surface area contributed by atoms with Gasteiger partial charge in [-0.2, -0.15) is 0 Å². The molecule has 0 spiro atoms. The van der Waals surface area contributed by atoms with Gasteiger partial charge in [-0.1, -0.05) is 27.8 Å². The van der Waals surface area contributed by atoms with E-state index in [4.69, 9.17) is 4.98 Å². The molecule has 0 aliphatic carbocycles. The second kappa shape index (κ2) is 9.68. The molecule has 4 heterocycles. The molecule has 0 bridgehead atoms. The summed E-state index contributed by atoms with van der Waals surface area (Å²) in [5.41, 5.74) is 3.26. The van der Waals surface area contributed by atoms with Crippen molar-refractivity contribution in [1.82, 2.24) is 24.5 Å². The molecule has 202 valence electrons. The maximum atomic E-state index is 13.6. The average Bonchev–Trinajstić information content (AvgIpc) is 3.25. The summed E-state index contributed by atoms with van der Waals surface area (Å²) in [5, 5.41) is 3.15. The minimum atomic E-state index is -0.275. The van der Waals surface area contributed by atoms with Gasteiger partial charge in [0.15, 0.2) is 0 Å². The fourth-order valence-corrected chi connectivity index (χ4v) is 7.01. The number of piperidine rings is 1. The smallest absolute Gasteiger partial charge is 0.258 e. The van der Waals surface area contributed by atoms with Gasteiger partial charge in [-0.15, -0.1) is 0 Å². The Morgan fingerprint density at radius 1 is 0.810 bits per heavy atom. The van der Waals surface area contributed by atoms with Crippen molar-refractivity contribution in [2.45, 2.75) is 33.2 Å². The van der Waals surface area contributed by atoms with Crippen LogP contribution >= 0.6 is 0 Å². The highest BCUT2D eigenvalue weighted by Gasteiger charge is 2.66. The zero-order chi connectivity index (χ0) is 31.0. The Morgan fingerprint density at radius 3 is 2.05 bits per heavy atom. The van der Waals surface area contributed by atoms with E-state index >= 15 is 0 Å². The summed E-state index contributed by atoms with van der Waals surface area (Å²) in [7, 11) is 25.4. The van der Waals surface area contributed by atoms with Crippen LogP contribution in [0.2, 0.25) is 15.6 Å². The molecule has 1 aliphatic rings. The van der Waals surface area contributed by atoms with Gasteiger partial charge < -0.3 is 9.47 Å².